The molecule has 1 N–H and O–H groups in total. The number of amides is 1. The van der Waals surface area contributed by atoms with Gasteiger partial charge in [0.05, 0.1) is 18.9 Å². The summed E-state index contributed by atoms with van der Waals surface area (Å²) in [4.78, 5) is 17.2. The van der Waals surface area contributed by atoms with Gasteiger partial charge in [0.25, 0.3) is 5.91 Å². The molecule has 2 heterocycles. The number of anilines is 1. The average Bonchev–Trinajstić information content (AvgIpc) is 3.18. The maximum atomic E-state index is 13.2. The van der Waals surface area contributed by atoms with Crippen molar-refractivity contribution in [2.45, 2.75) is 20.3 Å². The highest BCUT2D eigenvalue weighted by atomic mass is 19.1. The number of hydrogen-bond acceptors (Lipinski definition) is 5. The van der Waals surface area contributed by atoms with Gasteiger partial charge < -0.3 is 19.3 Å². The number of hydrogen-bond donors (Lipinski definition) is 1. The fourth-order valence-electron chi connectivity index (χ4n) is 3.97. The van der Waals surface area contributed by atoms with Crippen LogP contribution >= 0.6 is 0 Å². The summed E-state index contributed by atoms with van der Waals surface area (Å²) in [5.74, 6) is 1.77. The molecule has 1 fully saturated rings. The second-order valence-corrected chi connectivity index (χ2v) is 7.81. The predicted octanol–water partition coefficient (Wildman–Crippen LogP) is 4.37. The molecule has 0 bridgehead atoms. The zero-order valence-electron chi connectivity index (χ0n) is 19.0. The van der Waals surface area contributed by atoms with Gasteiger partial charge in [0.15, 0.2) is 17.3 Å². The van der Waals surface area contributed by atoms with E-state index in [0.29, 0.717) is 49.9 Å². The number of carbonyl (C=O) groups is 1. The van der Waals surface area contributed by atoms with E-state index in [2.05, 4.69) is 15.1 Å². The van der Waals surface area contributed by atoms with E-state index in [1.807, 2.05) is 24.8 Å². The molecule has 0 atom stereocenters. The first kappa shape index (κ1) is 22.6. The molecule has 0 aliphatic carbocycles. The second-order valence-electron chi connectivity index (χ2n) is 7.81. The Hall–Kier alpha value is -3.55. The largest absolute Gasteiger partial charge is 0.490 e. The van der Waals surface area contributed by atoms with Crippen LogP contribution in [0.5, 0.6) is 11.5 Å². The maximum Gasteiger partial charge on any atom is 0.254 e. The molecular weight excluding hydrogens is 423 g/mol. The summed E-state index contributed by atoms with van der Waals surface area (Å²) in [7, 11) is 0. The van der Waals surface area contributed by atoms with Gasteiger partial charge in [-0.2, -0.15) is 5.10 Å². The minimum Gasteiger partial charge on any atom is -0.490 e. The molecule has 174 valence electrons. The molecule has 1 aliphatic heterocycles. The van der Waals surface area contributed by atoms with Crippen LogP contribution in [0, 0.1) is 5.82 Å². The zero-order valence-corrected chi connectivity index (χ0v) is 19.0. The van der Waals surface area contributed by atoms with Crippen molar-refractivity contribution in [1.82, 2.24) is 15.1 Å². The van der Waals surface area contributed by atoms with Gasteiger partial charge in [-0.25, -0.2) is 4.39 Å². The van der Waals surface area contributed by atoms with Crippen molar-refractivity contribution in [3.8, 4) is 22.8 Å². The van der Waals surface area contributed by atoms with Crippen molar-refractivity contribution in [2.75, 3.05) is 44.3 Å². The first-order valence-corrected chi connectivity index (χ1v) is 11.3. The van der Waals surface area contributed by atoms with Gasteiger partial charge in [0, 0.05) is 37.8 Å². The summed E-state index contributed by atoms with van der Waals surface area (Å²) in [6.07, 6.45) is 0.833. The summed E-state index contributed by atoms with van der Waals surface area (Å²) >= 11 is 0. The third kappa shape index (κ3) is 5.27. The van der Waals surface area contributed by atoms with E-state index < -0.39 is 0 Å². The molecule has 33 heavy (non-hydrogen) atoms. The first-order chi connectivity index (χ1) is 16.1. The molecule has 4 rings (SSSR count). The molecule has 2 aromatic carbocycles. The Morgan fingerprint density at radius 2 is 1.73 bits per heavy atom. The van der Waals surface area contributed by atoms with Crippen LogP contribution in [-0.2, 0) is 0 Å². The van der Waals surface area contributed by atoms with Crippen molar-refractivity contribution in [1.29, 1.82) is 0 Å². The predicted molar refractivity (Wildman–Crippen MR) is 125 cm³/mol. The Balaban J connectivity index is 1.43. The van der Waals surface area contributed by atoms with Crippen LogP contribution in [0.3, 0.4) is 0 Å². The van der Waals surface area contributed by atoms with Gasteiger partial charge >= 0.3 is 0 Å². The molecule has 1 aliphatic rings. The highest BCUT2D eigenvalue weighted by Crippen LogP contribution is 2.29. The van der Waals surface area contributed by atoms with Crippen molar-refractivity contribution in [2.24, 2.45) is 0 Å². The number of nitrogens with one attached hydrogen (secondary N) is 1. The van der Waals surface area contributed by atoms with E-state index in [9.17, 15) is 9.18 Å². The quantitative estimate of drug-likeness (QED) is 0.577. The number of nitrogens with zero attached hydrogens (tertiary/aromatic N) is 3. The van der Waals surface area contributed by atoms with E-state index in [-0.39, 0.29) is 11.7 Å². The number of ether oxygens (including phenoxy) is 2. The lowest BCUT2D eigenvalue weighted by atomic mass is 10.1. The van der Waals surface area contributed by atoms with Crippen molar-refractivity contribution >= 4 is 11.7 Å². The van der Waals surface area contributed by atoms with Crippen molar-refractivity contribution < 1.29 is 18.7 Å². The van der Waals surface area contributed by atoms with Crippen LogP contribution in [0.1, 0.15) is 30.6 Å². The molecule has 8 heteroatoms. The number of rotatable bonds is 7. The fraction of sp³-hybridized carbons (Fsp3) is 0.360. The number of carbonyl (C=O) groups excluding carboxylic acids is 1. The molecule has 0 unspecified atom stereocenters. The molecular formula is C25H29FN4O3. The molecule has 3 aromatic rings. The highest BCUT2D eigenvalue weighted by Gasteiger charge is 2.23. The van der Waals surface area contributed by atoms with Crippen molar-refractivity contribution in [3.63, 3.8) is 0 Å². The van der Waals surface area contributed by atoms with Gasteiger partial charge in [-0.3, -0.25) is 9.89 Å². The number of aromatic amines is 1. The van der Waals surface area contributed by atoms with Gasteiger partial charge in [0.1, 0.15) is 5.82 Å². The summed E-state index contributed by atoms with van der Waals surface area (Å²) in [6, 6.07) is 13.6. The Morgan fingerprint density at radius 1 is 0.970 bits per heavy atom. The molecule has 1 aromatic heterocycles. The number of halogens is 1. The van der Waals surface area contributed by atoms with Crippen LogP contribution in [0.25, 0.3) is 11.3 Å². The number of benzene rings is 2. The lowest BCUT2D eigenvalue weighted by Crippen LogP contribution is -2.35. The minimum absolute atomic E-state index is 0.0186. The van der Waals surface area contributed by atoms with E-state index >= 15 is 0 Å². The van der Waals surface area contributed by atoms with Gasteiger partial charge in [0.2, 0.25) is 0 Å². The second kappa shape index (κ2) is 10.4. The maximum absolute atomic E-state index is 13.2. The lowest BCUT2D eigenvalue weighted by Gasteiger charge is -2.22. The van der Waals surface area contributed by atoms with Gasteiger partial charge in [-0.05, 0) is 68.3 Å². The van der Waals surface area contributed by atoms with Gasteiger partial charge in [-0.1, -0.05) is 0 Å². The third-order valence-electron chi connectivity index (χ3n) is 5.62. The first-order valence-electron chi connectivity index (χ1n) is 11.3. The van der Waals surface area contributed by atoms with Crippen LogP contribution in [0.2, 0.25) is 0 Å². The standard InChI is InChI=1S/C25H29FN4O3/c1-3-32-22-11-8-19(16-23(22)33-4-2)25(31)30-13-5-12-29(14-15-30)24-17-21(27-28-24)18-6-9-20(26)10-7-18/h6-11,16-17H,3-5,12-15H2,1-2H3,(H,27,28). The van der Waals surface area contributed by atoms with E-state index in [0.717, 1.165) is 30.0 Å². The molecule has 7 nitrogen and oxygen atoms in total. The summed E-state index contributed by atoms with van der Waals surface area (Å²) in [5.41, 5.74) is 2.30. The normalized spacial score (nSPS) is 14.2. The van der Waals surface area contributed by atoms with Crippen LogP contribution in [-0.4, -0.2) is 60.4 Å². The highest BCUT2D eigenvalue weighted by molar-refractivity contribution is 5.95. The average molecular weight is 453 g/mol. The van der Waals surface area contributed by atoms with E-state index in [1.54, 1.807) is 30.3 Å². The van der Waals surface area contributed by atoms with Crippen LogP contribution in [0.15, 0.2) is 48.5 Å². The molecule has 1 amide bonds. The molecule has 0 saturated carbocycles. The Bertz CT molecular complexity index is 1080. The summed E-state index contributed by atoms with van der Waals surface area (Å²) < 4.78 is 24.5. The smallest absolute Gasteiger partial charge is 0.254 e. The molecule has 1 saturated heterocycles. The van der Waals surface area contributed by atoms with Crippen LogP contribution < -0.4 is 14.4 Å². The Kier molecular flexibility index (Phi) is 7.12. The molecule has 0 radical (unpaired) electrons. The number of H-pyrrole nitrogens is 1. The number of aromatic nitrogens is 2. The van der Waals surface area contributed by atoms with Gasteiger partial charge in [-0.15, -0.1) is 0 Å². The topological polar surface area (TPSA) is 70.7 Å². The third-order valence-corrected chi connectivity index (χ3v) is 5.62. The summed E-state index contributed by atoms with van der Waals surface area (Å²) in [5, 5.41) is 7.47. The monoisotopic (exact) mass is 452 g/mol. The Morgan fingerprint density at radius 3 is 2.48 bits per heavy atom. The lowest BCUT2D eigenvalue weighted by molar-refractivity contribution is 0.0766. The minimum atomic E-state index is -0.267. The zero-order chi connectivity index (χ0) is 23.2. The summed E-state index contributed by atoms with van der Waals surface area (Å²) in [6.45, 7) is 7.59. The molecule has 0 spiro atoms. The fourth-order valence-corrected chi connectivity index (χ4v) is 3.97. The van der Waals surface area contributed by atoms with Crippen molar-refractivity contribution in [3.05, 3.63) is 59.9 Å². The van der Waals surface area contributed by atoms with Crippen LogP contribution in [0.4, 0.5) is 10.2 Å². The van der Waals surface area contributed by atoms with E-state index in [1.165, 1.54) is 12.1 Å². The Labute approximate surface area is 193 Å². The van der Waals surface area contributed by atoms with E-state index in [4.69, 9.17) is 9.47 Å². The SMILES string of the molecule is CCOc1ccc(C(=O)N2CCCN(c3cc(-c4ccc(F)cc4)[nH]n3)CC2)cc1OCC.